The van der Waals surface area contributed by atoms with Crippen LogP contribution in [0.25, 0.3) is 0 Å². The SMILES string of the molecule is Cc1ccc(N)c(N/N=C/c2cc(OCC(C)(C)O)nc(N3CCOCC3)n2)c1. The Bertz CT molecular complexity index is 860. The normalized spacial score (nSPS) is 15.0. The maximum Gasteiger partial charge on any atom is 0.229 e. The highest BCUT2D eigenvalue weighted by atomic mass is 16.5. The summed E-state index contributed by atoms with van der Waals surface area (Å²) in [4.78, 5) is 11.1. The van der Waals surface area contributed by atoms with Crippen LogP contribution in [0.5, 0.6) is 5.88 Å². The first-order chi connectivity index (χ1) is 13.8. The van der Waals surface area contributed by atoms with Gasteiger partial charge >= 0.3 is 0 Å². The third-order valence-electron chi connectivity index (χ3n) is 4.17. The van der Waals surface area contributed by atoms with E-state index in [-0.39, 0.29) is 6.61 Å². The summed E-state index contributed by atoms with van der Waals surface area (Å²) in [7, 11) is 0. The summed E-state index contributed by atoms with van der Waals surface area (Å²) in [5, 5.41) is 14.2. The number of aryl methyl sites for hydroxylation is 1. The maximum atomic E-state index is 9.94. The first kappa shape index (κ1) is 20.8. The summed E-state index contributed by atoms with van der Waals surface area (Å²) < 4.78 is 11.1. The summed E-state index contributed by atoms with van der Waals surface area (Å²) >= 11 is 0. The average molecular weight is 400 g/mol. The van der Waals surface area contributed by atoms with Crippen LogP contribution in [0.1, 0.15) is 25.1 Å². The van der Waals surface area contributed by atoms with Crippen LogP contribution in [0.3, 0.4) is 0 Å². The zero-order valence-corrected chi connectivity index (χ0v) is 17.1. The fourth-order valence-corrected chi connectivity index (χ4v) is 2.66. The quantitative estimate of drug-likeness (QED) is 0.366. The van der Waals surface area contributed by atoms with E-state index in [2.05, 4.69) is 20.5 Å². The summed E-state index contributed by atoms with van der Waals surface area (Å²) in [5.74, 6) is 0.915. The number of nitrogens with one attached hydrogen (secondary N) is 1. The predicted molar refractivity (Wildman–Crippen MR) is 114 cm³/mol. The molecule has 0 aliphatic carbocycles. The van der Waals surface area contributed by atoms with Crippen LogP contribution in [0.4, 0.5) is 17.3 Å². The van der Waals surface area contributed by atoms with Gasteiger partial charge < -0.3 is 25.2 Å². The van der Waals surface area contributed by atoms with E-state index >= 15 is 0 Å². The molecular formula is C20H28N6O3. The lowest BCUT2D eigenvalue weighted by atomic mass is 10.2. The van der Waals surface area contributed by atoms with Gasteiger partial charge in [0.1, 0.15) is 6.61 Å². The van der Waals surface area contributed by atoms with E-state index in [0.29, 0.717) is 49.5 Å². The number of nitrogens with zero attached hydrogens (tertiary/aromatic N) is 4. The van der Waals surface area contributed by atoms with Crippen molar-refractivity contribution in [3.05, 3.63) is 35.5 Å². The zero-order valence-electron chi connectivity index (χ0n) is 17.1. The molecule has 9 nitrogen and oxygen atoms in total. The second-order valence-electron chi connectivity index (χ2n) is 7.59. The van der Waals surface area contributed by atoms with Gasteiger partial charge in [0, 0.05) is 19.2 Å². The van der Waals surface area contributed by atoms with Crippen molar-refractivity contribution >= 4 is 23.5 Å². The highest BCUT2D eigenvalue weighted by molar-refractivity contribution is 5.79. The number of aromatic nitrogens is 2. The largest absolute Gasteiger partial charge is 0.474 e. The van der Waals surface area contributed by atoms with Crippen molar-refractivity contribution in [3.8, 4) is 5.88 Å². The van der Waals surface area contributed by atoms with Crippen molar-refractivity contribution in [2.45, 2.75) is 26.4 Å². The summed E-state index contributed by atoms with van der Waals surface area (Å²) in [6.07, 6.45) is 1.59. The highest BCUT2D eigenvalue weighted by Gasteiger charge is 2.18. The Hall–Kier alpha value is -2.91. The number of nitrogens with two attached hydrogens (primary N) is 1. The molecule has 2 aromatic rings. The first-order valence-corrected chi connectivity index (χ1v) is 9.52. The number of ether oxygens (including phenoxy) is 2. The van der Waals surface area contributed by atoms with Crippen LogP contribution in [-0.4, -0.2) is 59.8 Å². The smallest absolute Gasteiger partial charge is 0.229 e. The Balaban J connectivity index is 1.80. The van der Waals surface area contributed by atoms with Gasteiger partial charge in [0.2, 0.25) is 11.8 Å². The number of rotatable bonds is 7. The Morgan fingerprint density at radius 2 is 2.07 bits per heavy atom. The van der Waals surface area contributed by atoms with Crippen molar-refractivity contribution in [1.82, 2.24) is 9.97 Å². The van der Waals surface area contributed by atoms with E-state index in [4.69, 9.17) is 15.2 Å². The number of morpholine rings is 1. The van der Waals surface area contributed by atoms with E-state index in [1.54, 1.807) is 26.1 Å². The second-order valence-corrected chi connectivity index (χ2v) is 7.59. The van der Waals surface area contributed by atoms with Gasteiger partial charge in [-0.05, 0) is 38.5 Å². The number of aliphatic hydroxyl groups is 1. The van der Waals surface area contributed by atoms with Gasteiger partial charge in [0.25, 0.3) is 0 Å². The zero-order chi connectivity index (χ0) is 20.9. The minimum Gasteiger partial charge on any atom is -0.474 e. The molecule has 1 aromatic heterocycles. The molecular weight excluding hydrogens is 372 g/mol. The van der Waals surface area contributed by atoms with Gasteiger partial charge in [-0.1, -0.05) is 6.07 Å². The average Bonchev–Trinajstić information content (AvgIpc) is 2.69. The molecule has 4 N–H and O–H groups in total. The molecule has 0 atom stereocenters. The fraction of sp³-hybridized carbons (Fsp3) is 0.450. The van der Waals surface area contributed by atoms with Crippen molar-refractivity contribution in [2.24, 2.45) is 5.10 Å². The van der Waals surface area contributed by atoms with E-state index in [1.807, 2.05) is 30.0 Å². The van der Waals surface area contributed by atoms with E-state index in [9.17, 15) is 5.11 Å². The number of hydrogen-bond acceptors (Lipinski definition) is 9. The predicted octanol–water partition coefficient (Wildman–Crippen LogP) is 1.80. The van der Waals surface area contributed by atoms with Crippen LogP contribution in [0.2, 0.25) is 0 Å². The lowest BCUT2D eigenvalue weighted by molar-refractivity contribution is 0.0268. The maximum absolute atomic E-state index is 9.94. The van der Waals surface area contributed by atoms with Crippen molar-refractivity contribution in [2.75, 3.05) is 49.0 Å². The molecule has 2 heterocycles. The van der Waals surface area contributed by atoms with Gasteiger partial charge in [-0.15, -0.1) is 0 Å². The van der Waals surface area contributed by atoms with Crippen molar-refractivity contribution < 1.29 is 14.6 Å². The van der Waals surface area contributed by atoms with Gasteiger partial charge in [0.15, 0.2) is 0 Å². The molecule has 9 heteroatoms. The molecule has 1 aliphatic rings. The summed E-state index contributed by atoms with van der Waals surface area (Å²) in [5.41, 5.74) is 10.9. The van der Waals surface area contributed by atoms with Crippen molar-refractivity contribution in [3.63, 3.8) is 0 Å². The molecule has 0 unspecified atom stereocenters. The molecule has 0 spiro atoms. The van der Waals surface area contributed by atoms with Gasteiger partial charge in [-0.3, -0.25) is 5.43 Å². The molecule has 1 aliphatic heterocycles. The highest BCUT2D eigenvalue weighted by Crippen LogP contribution is 2.20. The molecule has 1 aromatic carbocycles. The molecule has 156 valence electrons. The molecule has 1 saturated heterocycles. The molecule has 0 amide bonds. The first-order valence-electron chi connectivity index (χ1n) is 9.52. The lowest BCUT2D eigenvalue weighted by Gasteiger charge is -2.27. The lowest BCUT2D eigenvalue weighted by Crippen LogP contribution is -2.37. The Kier molecular flexibility index (Phi) is 6.50. The summed E-state index contributed by atoms with van der Waals surface area (Å²) in [6.45, 7) is 8.09. The third-order valence-corrected chi connectivity index (χ3v) is 4.17. The molecule has 0 bridgehead atoms. The fourth-order valence-electron chi connectivity index (χ4n) is 2.66. The Morgan fingerprint density at radius 3 is 2.79 bits per heavy atom. The van der Waals surface area contributed by atoms with Crippen LogP contribution < -0.4 is 20.8 Å². The van der Waals surface area contributed by atoms with Crippen LogP contribution in [-0.2, 0) is 4.74 Å². The third kappa shape index (κ3) is 6.30. The monoisotopic (exact) mass is 400 g/mol. The molecule has 0 saturated carbocycles. The van der Waals surface area contributed by atoms with E-state index in [0.717, 1.165) is 11.3 Å². The van der Waals surface area contributed by atoms with Gasteiger partial charge in [-0.2, -0.15) is 10.1 Å². The van der Waals surface area contributed by atoms with E-state index in [1.165, 1.54) is 0 Å². The topological polar surface area (TPSA) is 118 Å². The van der Waals surface area contributed by atoms with Crippen LogP contribution in [0.15, 0.2) is 29.4 Å². The van der Waals surface area contributed by atoms with Crippen LogP contribution >= 0.6 is 0 Å². The van der Waals surface area contributed by atoms with Gasteiger partial charge in [0.05, 0.1) is 42.1 Å². The minimum absolute atomic E-state index is 0.112. The molecule has 0 radical (unpaired) electrons. The van der Waals surface area contributed by atoms with Crippen LogP contribution in [0, 0.1) is 6.92 Å². The van der Waals surface area contributed by atoms with Gasteiger partial charge in [-0.25, -0.2) is 4.98 Å². The second kappa shape index (κ2) is 9.06. The number of hydrazone groups is 1. The molecule has 29 heavy (non-hydrogen) atoms. The Morgan fingerprint density at radius 1 is 1.31 bits per heavy atom. The number of benzene rings is 1. The number of hydrogen-bond donors (Lipinski definition) is 3. The van der Waals surface area contributed by atoms with Crippen molar-refractivity contribution in [1.29, 1.82) is 0 Å². The Labute approximate surface area is 170 Å². The number of nitrogen functional groups attached to an aromatic ring is 1. The summed E-state index contributed by atoms with van der Waals surface area (Å²) in [6, 6.07) is 7.37. The minimum atomic E-state index is -0.970. The molecule has 1 fully saturated rings. The van der Waals surface area contributed by atoms with E-state index < -0.39 is 5.60 Å². The standard InChI is InChI=1S/C20H28N6O3/c1-14-4-5-16(21)17(10-14)25-22-12-15-11-18(29-13-20(2,3)27)24-19(23-15)26-6-8-28-9-7-26/h4-5,10-12,25,27H,6-9,13,21H2,1-3H3/b22-12+. The number of anilines is 3. The molecule has 3 rings (SSSR count).